The molecule has 15 heavy (non-hydrogen) atoms. The van der Waals surface area contributed by atoms with E-state index in [2.05, 4.69) is 0 Å². The smallest absolute Gasteiger partial charge is 0.236 e. The number of amides is 1. The quantitative estimate of drug-likeness (QED) is 0.764. The molecule has 0 radical (unpaired) electrons. The van der Waals surface area contributed by atoms with Gasteiger partial charge in [-0.2, -0.15) is 0 Å². The Labute approximate surface area is 89.3 Å². The number of carbonyl (C=O) groups excluding carboxylic acids is 1. The van der Waals surface area contributed by atoms with E-state index in [1.807, 2.05) is 24.3 Å². The van der Waals surface area contributed by atoms with Gasteiger partial charge in [-0.15, -0.1) is 0 Å². The second kappa shape index (κ2) is 4.79. The van der Waals surface area contributed by atoms with Crippen LogP contribution in [0.25, 0.3) is 0 Å². The zero-order valence-electron chi connectivity index (χ0n) is 8.97. The standard InChI is InChI=1S/C11H16N2O2/c1-8(14)9-3-5-10(6-4-9)13(2)7-11(12)15/h3-6,8,14H,7H2,1-2H3,(H2,12,15). The van der Waals surface area contributed by atoms with Gasteiger partial charge in [0.15, 0.2) is 0 Å². The van der Waals surface area contributed by atoms with Crippen molar-refractivity contribution in [3.05, 3.63) is 29.8 Å². The summed E-state index contributed by atoms with van der Waals surface area (Å²) in [7, 11) is 1.79. The van der Waals surface area contributed by atoms with Crippen LogP contribution >= 0.6 is 0 Å². The summed E-state index contributed by atoms with van der Waals surface area (Å²) in [6.07, 6.45) is -0.472. The van der Waals surface area contributed by atoms with Crippen molar-refractivity contribution in [3.8, 4) is 0 Å². The summed E-state index contributed by atoms with van der Waals surface area (Å²) >= 11 is 0. The van der Waals surface area contributed by atoms with Gasteiger partial charge < -0.3 is 15.7 Å². The lowest BCUT2D eigenvalue weighted by atomic mass is 10.1. The van der Waals surface area contributed by atoms with Crippen molar-refractivity contribution in [1.29, 1.82) is 0 Å². The molecule has 0 saturated carbocycles. The first-order valence-electron chi connectivity index (χ1n) is 4.78. The minimum absolute atomic E-state index is 0.189. The molecule has 0 aromatic heterocycles. The van der Waals surface area contributed by atoms with Gasteiger partial charge in [0.25, 0.3) is 0 Å². The van der Waals surface area contributed by atoms with E-state index >= 15 is 0 Å². The molecule has 0 saturated heterocycles. The summed E-state index contributed by atoms with van der Waals surface area (Å²) in [6.45, 7) is 1.90. The molecule has 0 bridgehead atoms. The van der Waals surface area contributed by atoms with Crippen LogP contribution < -0.4 is 10.6 Å². The Balaban J connectivity index is 2.75. The van der Waals surface area contributed by atoms with Crippen molar-refractivity contribution < 1.29 is 9.90 Å². The van der Waals surface area contributed by atoms with E-state index in [1.54, 1.807) is 18.9 Å². The monoisotopic (exact) mass is 208 g/mol. The van der Waals surface area contributed by atoms with Crippen molar-refractivity contribution >= 4 is 11.6 Å². The topological polar surface area (TPSA) is 66.6 Å². The van der Waals surface area contributed by atoms with E-state index in [1.165, 1.54) is 0 Å². The second-order valence-corrected chi connectivity index (χ2v) is 3.59. The molecule has 0 aliphatic carbocycles. The molecule has 3 N–H and O–H groups in total. The van der Waals surface area contributed by atoms with Crippen molar-refractivity contribution in [1.82, 2.24) is 0 Å². The highest BCUT2D eigenvalue weighted by molar-refractivity contribution is 5.79. The fourth-order valence-corrected chi connectivity index (χ4v) is 1.33. The molecule has 1 rings (SSSR count). The number of rotatable bonds is 4. The number of benzene rings is 1. The molecule has 1 amide bonds. The molecule has 1 aromatic rings. The summed E-state index contributed by atoms with van der Waals surface area (Å²) in [6, 6.07) is 7.37. The van der Waals surface area contributed by atoms with E-state index in [9.17, 15) is 9.90 Å². The zero-order valence-corrected chi connectivity index (χ0v) is 8.97. The van der Waals surface area contributed by atoms with Crippen molar-refractivity contribution in [2.75, 3.05) is 18.5 Å². The maximum absolute atomic E-state index is 10.7. The van der Waals surface area contributed by atoms with E-state index in [-0.39, 0.29) is 12.5 Å². The van der Waals surface area contributed by atoms with Crippen LogP contribution in [0.5, 0.6) is 0 Å². The molecule has 1 unspecified atom stereocenters. The van der Waals surface area contributed by atoms with E-state index in [4.69, 9.17) is 5.73 Å². The largest absolute Gasteiger partial charge is 0.389 e. The number of nitrogens with zero attached hydrogens (tertiary/aromatic N) is 1. The molecule has 1 atom stereocenters. The van der Waals surface area contributed by atoms with Gasteiger partial charge in [-0.1, -0.05) is 12.1 Å². The minimum atomic E-state index is -0.472. The number of hydrogen-bond donors (Lipinski definition) is 2. The number of primary amides is 1. The van der Waals surface area contributed by atoms with Crippen LogP contribution in [-0.2, 0) is 4.79 Å². The Hall–Kier alpha value is -1.55. The van der Waals surface area contributed by atoms with E-state index in [0.29, 0.717) is 0 Å². The third-order valence-corrected chi connectivity index (χ3v) is 2.21. The van der Waals surface area contributed by atoms with E-state index < -0.39 is 6.10 Å². The van der Waals surface area contributed by atoms with Crippen LogP contribution in [-0.4, -0.2) is 24.6 Å². The van der Waals surface area contributed by atoms with E-state index in [0.717, 1.165) is 11.3 Å². The average molecular weight is 208 g/mol. The van der Waals surface area contributed by atoms with Crippen molar-refractivity contribution in [2.24, 2.45) is 5.73 Å². The van der Waals surface area contributed by atoms with Crippen LogP contribution in [0.15, 0.2) is 24.3 Å². The zero-order chi connectivity index (χ0) is 11.4. The number of carbonyl (C=O) groups is 1. The van der Waals surface area contributed by atoms with Crippen molar-refractivity contribution in [2.45, 2.75) is 13.0 Å². The normalized spacial score (nSPS) is 12.2. The summed E-state index contributed by atoms with van der Waals surface area (Å²) in [5.41, 5.74) is 6.84. The van der Waals surface area contributed by atoms with Gasteiger partial charge in [0, 0.05) is 12.7 Å². The third kappa shape index (κ3) is 3.25. The van der Waals surface area contributed by atoms with Crippen LogP contribution in [0.2, 0.25) is 0 Å². The Morgan fingerprint density at radius 2 is 2.00 bits per heavy atom. The van der Waals surface area contributed by atoms with Gasteiger partial charge in [-0.25, -0.2) is 0 Å². The summed E-state index contributed by atoms with van der Waals surface area (Å²) < 4.78 is 0. The fourth-order valence-electron chi connectivity index (χ4n) is 1.33. The lowest BCUT2D eigenvalue weighted by Gasteiger charge is -2.17. The molecule has 0 aliphatic heterocycles. The molecular formula is C11H16N2O2. The number of aliphatic hydroxyl groups is 1. The highest BCUT2D eigenvalue weighted by Gasteiger charge is 2.05. The molecule has 4 heteroatoms. The first-order chi connectivity index (χ1) is 7.00. The number of hydrogen-bond acceptors (Lipinski definition) is 3. The SMILES string of the molecule is CC(O)c1ccc(N(C)CC(N)=O)cc1. The fraction of sp³-hybridized carbons (Fsp3) is 0.364. The van der Waals surface area contributed by atoms with Crippen LogP contribution in [0.4, 0.5) is 5.69 Å². The minimum Gasteiger partial charge on any atom is -0.389 e. The molecule has 0 fully saturated rings. The lowest BCUT2D eigenvalue weighted by Crippen LogP contribution is -2.30. The highest BCUT2D eigenvalue weighted by atomic mass is 16.3. The number of anilines is 1. The maximum Gasteiger partial charge on any atom is 0.236 e. The Morgan fingerprint density at radius 1 is 1.47 bits per heavy atom. The van der Waals surface area contributed by atoms with Crippen LogP contribution in [0, 0.1) is 0 Å². The molecule has 4 nitrogen and oxygen atoms in total. The Bertz CT molecular complexity index is 333. The van der Waals surface area contributed by atoms with Crippen LogP contribution in [0.1, 0.15) is 18.6 Å². The Morgan fingerprint density at radius 3 is 2.40 bits per heavy atom. The average Bonchev–Trinajstić information content (AvgIpc) is 2.17. The van der Waals surface area contributed by atoms with Gasteiger partial charge in [-0.3, -0.25) is 4.79 Å². The number of aliphatic hydroxyl groups excluding tert-OH is 1. The van der Waals surface area contributed by atoms with Gasteiger partial charge in [0.05, 0.1) is 12.6 Å². The molecule has 0 spiro atoms. The molecular weight excluding hydrogens is 192 g/mol. The molecule has 1 aromatic carbocycles. The second-order valence-electron chi connectivity index (χ2n) is 3.59. The number of nitrogens with two attached hydrogens (primary N) is 1. The first-order valence-corrected chi connectivity index (χ1v) is 4.78. The van der Waals surface area contributed by atoms with Gasteiger partial charge in [0.1, 0.15) is 0 Å². The molecule has 82 valence electrons. The Kier molecular flexibility index (Phi) is 3.68. The predicted molar refractivity (Wildman–Crippen MR) is 59.5 cm³/mol. The third-order valence-electron chi connectivity index (χ3n) is 2.21. The number of likely N-dealkylation sites (N-methyl/N-ethyl adjacent to an activating group) is 1. The van der Waals surface area contributed by atoms with Crippen LogP contribution in [0.3, 0.4) is 0 Å². The highest BCUT2D eigenvalue weighted by Crippen LogP contribution is 2.17. The summed E-state index contributed by atoms with van der Waals surface area (Å²) in [5, 5.41) is 9.31. The van der Waals surface area contributed by atoms with Crippen molar-refractivity contribution in [3.63, 3.8) is 0 Å². The maximum atomic E-state index is 10.7. The van der Waals surface area contributed by atoms with Gasteiger partial charge in [-0.05, 0) is 24.6 Å². The van der Waals surface area contributed by atoms with Gasteiger partial charge in [0.2, 0.25) is 5.91 Å². The lowest BCUT2D eigenvalue weighted by molar-refractivity contribution is -0.116. The predicted octanol–water partition coefficient (Wildman–Crippen LogP) is 0.661. The summed E-state index contributed by atoms with van der Waals surface area (Å²) in [5.74, 6) is -0.364. The molecule has 0 aliphatic rings. The van der Waals surface area contributed by atoms with Gasteiger partial charge >= 0.3 is 0 Å². The summed E-state index contributed by atoms with van der Waals surface area (Å²) in [4.78, 5) is 12.5. The molecule has 0 heterocycles. The first kappa shape index (κ1) is 11.5.